The first-order chi connectivity index (χ1) is 8.09. The summed E-state index contributed by atoms with van der Waals surface area (Å²) in [5.41, 5.74) is 0.0959. The first kappa shape index (κ1) is 12.9. The summed E-state index contributed by atoms with van der Waals surface area (Å²) in [6.45, 7) is 0. The van der Waals surface area contributed by atoms with Crippen LogP contribution in [0, 0.1) is 16.7 Å². The zero-order valence-corrected chi connectivity index (χ0v) is 11.6. The number of nitriles is 1. The van der Waals surface area contributed by atoms with Crippen molar-refractivity contribution in [3.8, 4) is 6.07 Å². The van der Waals surface area contributed by atoms with Gasteiger partial charge in [-0.15, -0.1) is 0 Å². The normalized spacial score (nSPS) is 19.9. The minimum Gasteiger partial charge on any atom is -0.387 e. The molecule has 0 heterocycles. The molecule has 1 aromatic carbocycles. The number of benzene rings is 1. The van der Waals surface area contributed by atoms with Gasteiger partial charge in [-0.2, -0.15) is 5.26 Å². The lowest BCUT2D eigenvalue weighted by Crippen LogP contribution is -2.23. The van der Waals surface area contributed by atoms with Gasteiger partial charge in [-0.05, 0) is 46.5 Å². The van der Waals surface area contributed by atoms with Crippen LogP contribution in [0.15, 0.2) is 22.7 Å². The van der Waals surface area contributed by atoms with Crippen molar-refractivity contribution >= 4 is 27.5 Å². The molecule has 2 nitrogen and oxygen atoms in total. The molecule has 4 heteroatoms. The van der Waals surface area contributed by atoms with Crippen LogP contribution in [0.2, 0.25) is 5.02 Å². The van der Waals surface area contributed by atoms with E-state index in [4.69, 9.17) is 11.6 Å². The number of nitrogens with zero attached hydrogens (tertiary/aromatic N) is 1. The Morgan fingerprint density at radius 2 is 2.06 bits per heavy atom. The predicted molar refractivity (Wildman–Crippen MR) is 70.6 cm³/mol. The zero-order valence-electron chi connectivity index (χ0n) is 9.29. The van der Waals surface area contributed by atoms with Gasteiger partial charge in [0.1, 0.15) is 0 Å². The van der Waals surface area contributed by atoms with Crippen molar-refractivity contribution in [2.24, 2.45) is 5.41 Å². The largest absolute Gasteiger partial charge is 0.387 e. The molecule has 1 unspecified atom stereocenters. The zero-order chi connectivity index (χ0) is 12.5. The second kappa shape index (κ2) is 4.97. The Kier molecular flexibility index (Phi) is 3.77. The Labute approximate surface area is 114 Å². The molecule has 1 aliphatic carbocycles. The molecule has 17 heavy (non-hydrogen) atoms. The van der Waals surface area contributed by atoms with Gasteiger partial charge in [-0.25, -0.2) is 0 Å². The Balaban J connectivity index is 2.33. The van der Waals surface area contributed by atoms with Crippen molar-refractivity contribution in [2.75, 3.05) is 0 Å². The van der Waals surface area contributed by atoms with Gasteiger partial charge in [0.25, 0.3) is 0 Å². The standard InChI is InChI=1S/C13H13BrClNO/c14-10-4-3-9(7-11(10)15)12(17)13(8-16)5-1-2-6-13/h3-4,7,12,17H,1-2,5-6H2. The minimum absolute atomic E-state index is 0.563. The smallest absolute Gasteiger partial charge is 0.0976 e. The third kappa shape index (κ3) is 2.35. The lowest BCUT2D eigenvalue weighted by molar-refractivity contribution is 0.0671. The van der Waals surface area contributed by atoms with E-state index in [9.17, 15) is 10.4 Å². The Morgan fingerprint density at radius 1 is 1.41 bits per heavy atom. The molecule has 90 valence electrons. The monoisotopic (exact) mass is 313 g/mol. The number of aliphatic hydroxyl groups is 1. The fourth-order valence-corrected chi connectivity index (χ4v) is 2.89. The molecule has 1 atom stereocenters. The molecule has 0 bridgehead atoms. The number of hydrogen-bond acceptors (Lipinski definition) is 2. The fraction of sp³-hybridized carbons (Fsp3) is 0.462. The quantitative estimate of drug-likeness (QED) is 0.888. The van der Waals surface area contributed by atoms with Crippen LogP contribution in [0.3, 0.4) is 0 Å². The topological polar surface area (TPSA) is 44.0 Å². The van der Waals surface area contributed by atoms with Gasteiger partial charge < -0.3 is 5.11 Å². The second-order valence-corrected chi connectivity index (χ2v) is 5.81. The molecule has 1 fully saturated rings. The van der Waals surface area contributed by atoms with Crippen LogP contribution < -0.4 is 0 Å². The van der Waals surface area contributed by atoms with Crippen LogP contribution in [0.5, 0.6) is 0 Å². The molecule has 1 saturated carbocycles. The molecule has 1 aliphatic rings. The van der Waals surface area contributed by atoms with Gasteiger partial charge >= 0.3 is 0 Å². The Morgan fingerprint density at radius 3 is 2.59 bits per heavy atom. The van der Waals surface area contributed by atoms with Crippen LogP contribution in [-0.4, -0.2) is 5.11 Å². The van der Waals surface area contributed by atoms with Gasteiger partial charge in [0.15, 0.2) is 0 Å². The number of hydrogen-bond donors (Lipinski definition) is 1. The van der Waals surface area contributed by atoms with Gasteiger partial charge in [-0.1, -0.05) is 30.5 Å². The van der Waals surface area contributed by atoms with E-state index in [1.54, 1.807) is 12.1 Å². The summed E-state index contributed by atoms with van der Waals surface area (Å²) in [5.74, 6) is 0. The van der Waals surface area contributed by atoms with Crippen LogP contribution in [0.4, 0.5) is 0 Å². The average molecular weight is 315 g/mol. The average Bonchev–Trinajstić information content (AvgIpc) is 2.81. The maximum atomic E-state index is 10.4. The number of rotatable bonds is 2. The van der Waals surface area contributed by atoms with Gasteiger partial charge in [-0.3, -0.25) is 0 Å². The van der Waals surface area contributed by atoms with E-state index in [1.165, 1.54) is 0 Å². The van der Waals surface area contributed by atoms with E-state index in [2.05, 4.69) is 22.0 Å². The molecular weight excluding hydrogens is 302 g/mol. The van der Waals surface area contributed by atoms with E-state index in [-0.39, 0.29) is 0 Å². The van der Waals surface area contributed by atoms with Gasteiger partial charge in [0, 0.05) is 4.47 Å². The lowest BCUT2D eigenvalue weighted by atomic mass is 9.79. The Hall–Kier alpha value is -0.560. The van der Waals surface area contributed by atoms with Crippen molar-refractivity contribution in [1.29, 1.82) is 5.26 Å². The summed E-state index contributed by atoms with van der Waals surface area (Å²) in [4.78, 5) is 0. The van der Waals surface area contributed by atoms with Crippen LogP contribution in [-0.2, 0) is 0 Å². The van der Waals surface area contributed by atoms with Crippen molar-refractivity contribution in [2.45, 2.75) is 31.8 Å². The third-order valence-electron chi connectivity index (χ3n) is 3.50. The maximum absolute atomic E-state index is 10.4. The van der Waals surface area contributed by atoms with Gasteiger partial charge in [0.05, 0.1) is 22.6 Å². The second-order valence-electron chi connectivity index (χ2n) is 4.55. The molecule has 1 aromatic rings. The van der Waals surface area contributed by atoms with Crippen molar-refractivity contribution in [3.05, 3.63) is 33.3 Å². The lowest BCUT2D eigenvalue weighted by Gasteiger charge is -2.27. The number of aliphatic hydroxyl groups excluding tert-OH is 1. The molecule has 2 rings (SSSR count). The molecule has 0 aromatic heterocycles. The molecule has 1 N–H and O–H groups in total. The van der Waals surface area contributed by atoms with Crippen LogP contribution in [0.25, 0.3) is 0 Å². The van der Waals surface area contributed by atoms with Crippen molar-refractivity contribution in [1.82, 2.24) is 0 Å². The van der Waals surface area contributed by atoms with Crippen molar-refractivity contribution < 1.29 is 5.11 Å². The molecule has 0 amide bonds. The molecule has 0 spiro atoms. The Bertz CT molecular complexity index is 463. The highest BCUT2D eigenvalue weighted by molar-refractivity contribution is 9.10. The highest BCUT2D eigenvalue weighted by Gasteiger charge is 2.41. The van der Waals surface area contributed by atoms with E-state index in [0.717, 1.165) is 35.7 Å². The summed E-state index contributed by atoms with van der Waals surface area (Å²) in [6, 6.07) is 7.66. The third-order valence-corrected chi connectivity index (χ3v) is 4.73. The van der Waals surface area contributed by atoms with Crippen LogP contribution >= 0.6 is 27.5 Å². The number of halogens is 2. The maximum Gasteiger partial charge on any atom is 0.0976 e. The molecule has 0 radical (unpaired) electrons. The van der Waals surface area contributed by atoms with Crippen molar-refractivity contribution in [3.63, 3.8) is 0 Å². The molecule has 0 aliphatic heterocycles. The van der Waals surface area contributed by atoms with E-state index >= 15 is 0 Å². The molecule has 0 saturated heterocycles. The fourth-order valence-electron chi connectivity index (χ4n) is 2.45. The van der Waals surface area contributed by atoms with E-state index in [0.29, 0.717) is 5.02 Å². The van der Waals surface area contributed by atoms with E-state index < -0.39 is 11.5 Å². The molecular formula is C13H13BrClNO. The van der Waals surface area contributed by atoms with Crippen LogP contribution in [0.1, 0.15) is 37.4 Å². The SMILES string of the molecule is N#CC1(C(O)c2ccc(Br)c(Cl)c2)CCCC1. The summed E-state index contributed by atoms with van der Waals surface area (Å²) in [7, 11) is 0. The minimum atomic E-state index is -0.749. The summed E-state index contributed by atoms with van der Waals surface area (Å²) in [5, 5.41) is 20.3. The summed E-state index contributed by atoms with van der Waals surface area (Å²) >= 11 is 9.33. The summed E-state index contributed by atoms with van der Waals surface area (Å²) < 4.78 is 0.799. The highest BCUT2D eigenvalue weighted by atomic mass is 79.9. The van der Waals surface area contributed by atoms with Gasteiger partial charge in [0.2, 0.25) is 0 Å². The summed E-state index contributed by atoms with van der Waals surface area (Å²) in [6.07, 6.45) is 2.79. The first-order valence-corrected chi connectivity index (χ1v) is 6.80. The highest BCUT2D eigenvalue weighted by Crippen LogP contribution is 2.47. The van der Waals surface area contributed by atoms with E-state index in [1.807, 2.05) is 6.07 Å². The first-order valence-electron chi connectivity index (χ1n) is 5.63. The predicted octanol–water partition coefficient (Wildman–Crippen LogP) is 4.22.